The molecule has 0 aliphatic rings. The van der Waals surface area contributed by atoms with Gasteiger partial charge < -0.3 is 4.74 Å². The van der Waals surface area contributed by atoms with Crippen LogP contribution in [0.3, 0.4) is 0 Å². The van der Waals surface area contributed by atoms with Crippen molar-refractivity contribution in [2.45, 2.75) is 26.2 Å². The molecule has 0 spiro atoms. The van der Waals surface area contributed by atoms with Gasteiger partial charge >= 0.3 is 5.97 Å². The lowest BCUT2D eigenvalue weighted by Gasteiger charge is -2.18. The van der Waals surface area contributed by atoms with Gasteiger partial charge in [-0.2, -0.15) is 0 Å². The predicted molar refractivity (Wildman–Crippen MR) is 96.2 cm³/mol. The van der Waals surface area contributed by atoms with Crippen molar-refractivity contribution >= 4 is 35.0 Å². The molecule has 0 fully saturated rings. The third kappa shape index (κ3) is 4.83. The monoisotopic (exact) mass is 364 g/mol. The Hall–Kier alpha value is -1.84. The molecule has 0 radical (unpaired) electrons. The summed E-state index contributed by atoms with van der Waals surface area (Å²) >= 11 is 11.7. The van der Waals surface area contributed by atoms with Gasteiger partial charge in [0.25, 0.3) is 0 Å². The Bertz CT molecular complexity index is 739. The molecule has 0 atom stereocenters. The highest BCUT2D eigenvalue weighted by Crippen LogP contribution is 2.22. The summed E-state index contributed by atoms with van der Waals surface area (Å²) in [6.07, 6.45) is 0. The number of rotatable bonds is 4. The fourth-order valence-corrected chi connectivity index (χ4v) is 2.65. The van der Waals surface area contributed by atoms with E-state index in [1.54, 1.807) is 12.1 Å². The maximum absolute atomic E-state index is 12.1. The average Bonchev–Trinajstić information content (AvgIpc) is 2.50. The van der Waals surface area contributed by atoms with Gasteiger partial charge in [0.2, 0.25) is 0 Å². The van der Waals surface area contributed by atoms with Gasteiger partial charge in [0, 0.05) is 15.6 Å². The lowest BCUT2D eigenvalue weighted by molar-refractivity contribution is 0.0475. The molecule has 0 N–H and O–H groups in total. The van der Waals surface area contributed by atoms with Crippen LogP contribution in [0.15, 0.2) is 42.5 Å². The zero-order valence-electron chi connectivity index (χ0n) is 13.7. The highest BCUT2D eigenvalue weighted by Gasteiger charge is 2.16. The molecule has 0 saturated heterocycles. The zero-order chi connectivity index (χ0) is 17.9. The Morgan fingerprint density at radius 2 is 1.46 bits per heavy atom. The van der Waals surface area contributed by atoms with E-state index in [2.05, 4.69) is 20.8 Å². The number of benzene rings is 2. The second-order valence-corrected chi connectivity index (χ2v) is 7.36. The Labute approximate surface area is 151 Å². The van der Waals surface area contributed by atoms with Gasteiger partial charge in [-0.15, -0.1) is 0 Å². The molecule has 0 aromatic heterocycles. The molecule has 0 unspecified atom stereocenters. The number of carbonyl (C=O) groups is 2. The fourth-order valence-electron chi connectivity index (χ4n) is 2.13. The van der Waals surface area contributed by atoms with Crippen LogP contribution in [-0.4, -0.2) is 18.4 Å². The molecular weight excluding hydrogens is 347 g/mol. The third-order valence-corrected chi connectivity index (χ3v) is 3.94. The van der Waals surface area contributed by atoms with E-state index >= 15 is 0 Å². The Morgan fingerprint density at radius 1 is 0.917 bits per heavy atom. The van der Waals surface area contributed by atoms with Crippen molar-refractivity contribution in [3.05, 3.63) is 69.2 Å². The molecular formula is C19H18Cl2O3. The number of hydrogen-bond donors (Lipinski definition) is 0. The van der Waals surface area contributed by atoms with Gasteiger partial charge in [-0.05, 0) is 29.2 Å². The predicted octanol–water partition coefficient (Wildman–Crippen LogP) is 5.33. The van der Waals surface area contributed by atoms with Crippen LogP contribution in [0, 0.1) is 0 Å². The zero-order valence-corrected chi connectivity index (χ0v) is 15.2. The second-order valence-electron chi connectivity index (χ2n) is 6.48. The summed E-state index contributed by atoms with van der Waals surface area (Å²) in [7, 11) is 0. The molecule has 0 saturated carbocycles. The molecule has 0 aliphatic heterocycles. The summed E-state index contributed by atoms with van der Waals surface area (Å²) in [5.74, 6) is -0.906. The first-order chi connectivity index (χ1) is 11.2. The van der Waals surface area contributed by atoms with E-state index in [4.69, 9.17) is 27.9 Å². The number of halogens is 2. The normalized spacial score (nSPS) is 11.2. The molecule has 126 valence electrons. The fraction of sp³-hybridized carbons (Fsp3) is 0.263. The van der Waals surface area contributed by atoms with Crippen molar-refractivity contribution in [1.29, 1.82) is 0 Å². The largest absolute Gasteiger partial charge is 0.454 e. The van der Waals surface area contributed by atoms with E-state index in [9.17, 15) is 9.59 Å². The van der Waals surface area contributed by atoms with Crippen molar-refractivity contribution in [2.75, 3.05) is 6.61 Å². The summed E-state index contributed by atoms with van der Waals surface area (Å²) < 4.78 is 5.05. The highest BCUT2D eigenvalue weighted by molar-refractivity contribution is 6.35. The maximum Gasteiger partial charge on any atom is 0.338 e. The number of hydrogen-bond acceptors (Lipinski definition) is 3. The first-order valence-corrected chi connectivity index (χ1v) is 8.19. The summed E-state index contributed by atoms with van der Waals surface area (Å²) in [5, 5.41) is 0.664. The summed E-state index contributed by atoms with van der Waals surface area (Å²) in [4.78, 5) is 24.1. The quantitative estimate of drug-likeness (QED) is 0.543. The van der Waals surface area contributed by atoms with Crippen LogP contribution >= 0.6 is 23.2 Å². The lowest BCUT2D eigenvalue weighted by atomic mass is 9.86. The van der Waals surface area contributed by atoms with Gasteiger partial charge in [0.15, 0.2) is 12.4 Å². The van der Waals surface area contributed by atoms with Gasteiger partial charge in [-0.3, -0.25) is 4.79 Å². The van der Waals surface area contributed by atoms with Crippen molar-refractivity contribution in [3.63, 3.8) is 0 Å². The molecule has 0 aliphatic carbocycles. The van der Waals surface area contributed by atoms with Crippen LogP contribution in [0.2, 0.25) is 10.0 Å². The highest BCUT2D eigenvalue weighted by atomic mass is 35.5. The SMILES string of the molecule is CC(C)(C)c1ccc(C(=O)COC(=O)c2cc(Cl)cc(Cl)c2)cc1. The molecule has 24 heavy (non-hydrogen) atoms. The molecule has 3 nitrogen and oxygen atoms in total. The minimum absolute atomic E-state index is 0.0138. The minimum Gasteiger partial charge on any atom is -0.454 e. The smallest absolute Gasteiger partial charge is 0.338 e. The maximum atomic E-state index is 12.1. The van der Waals surface area contributed by atoms with Crippen LogP contribution in [0.5, 0.6) is 0 Å². The van der Waals surface area contributed by atoms with Gasteiger partial charge in [0.05, 0.1) is 5.56 Å². The number of esters is 1. The van der Waals surface area contributed by atoms with E-state index < -0.39 is 5.97 Å². The third-order valence-electron chi connectivity index (χ3n) is 3.51. The van der Waals surface area contributed by atoms with Gasteiger partial charge in [-0.1, -0.05) is 68.2 Å². The first-order valence-electron chi connectivity index (χ1n) is 7.44. The van der Waals surface area contributed by atoms with E-state index in [1.165, 1.54) is 18.2 Å². The van der Waals surface area contributed by atoms with Crippen molar-refractivity contribution in [3.8, 4) is 0 Å². The summed E-state index contributed by atoms with van der Waals surface area (Å²) in [6, 6.07) is 11.7. The average molecular weight is 365 g/mol. The Morgan fingerprint density at radius 3 is 1.96 bits per heavy atom. The topological polar surface area (TPSA) is 43.4 Å². The molecule has 0 heterocycles. The van der Waals surface area contributed by atoms with E-state index in [-0.39, 0.29) is 23.4 Å². The van der Waals surface area contributed by atoms with Crippen molar-refractivity contribution in [2.24, 2.45) is 0 Å². The first kappa shape index (κ1) is 18.5. The van der Waals surface area contributed by atoms with Gasteiger partial charge in [0.1, 0.15) is 0 Å². The Balaban J connectivity index is 2.01. The van der Waals surface area contributed by atoms with E-state index in [0.29, 0.717) is 15.6 Å². The molecule has 2 aromatic carbocycles. The van der Waals surface area contributed by atoms with E-state index in [0.717, 1.165) is 5.56 Å². The molecule has 0 bridgehead atoms. The van der Waals surface area contributed by atoms with Gasteiger partial charge in [-0.25, -0.2) is 4.79 Å². The molecule has 2 rings (SSSR count). The number of ketones is 1. The van der Waals surface area contributed by atoms with Crippen LogP contribution < -0.4 is 0 Å². The van der Waals surface area contributed by atoms with Crippen LogP contribution in [0.4, 0.5) is 0 Å². The standard InChI is InChI=1S/C19H18Cl2O3/c1-19(2,3)14-6-4-12(5-7-14)17(22)11-24-18(23)13-8-15(20)10-16(21)9-13/h4-10H,11H2,1-3H3. The second kappa shape index (κ2) is 7.37. The lowest BCUT2D eigenvalue weighted by Crippen LogP contribution is -2.15. The minimum atomic E-state index is -0.640. The van der Waals surface area contributed by atoms with Crippen LogP contribution in [0.25, 0.3) is 0 Å². The molecule has 5 heteroatoms. The van der Waals surface area contributed by atoms with Crippen molar-refractivity contribution < 1.29 is 14.3 Å². The Kier molecular flexibility index (Phi) is 5.68. The van der Waals surface area contributed by atoms with Crippen molar-refractivity contribution in [1.82, 2.24) is 0 Å². The van der Waals surface area contributed by atoms with Crippen LogP contribution in [-0.2, 0) is 10.2 Å². The summed E-state index contributed by atoms with van der Waals surface area (Å²) in [5.41, 5.74) is 1.85. The van der Waals surface area contributed by atoms with E-state index in [1.807, 2.05) is 12.1 Å². The number of Topliss-reactive ketones (excluding diaryl/α,β-unsaturated/α-hetero) is 1. The number of carbonyl (C=O) groups excluding carboxylic acids is 2. The summed E-state index contributed by atoms with van der Waals surface area (Å²) in [6.45, 7) is 5.96. The molecule has 2 aromatic rings. The molecule has 0 amide bonds. The van der Waals surface area contributed by atoms with Crippen LogP contribution in [0.1, 0.15) is 47.1 Å². The number of ether oxygens (including phenoxy) is 1.